The average molecular weight is 253 g/mol. The molecule has 0 amide bonds. The quantitative estimate of drug-likeness (QED) is 0.762. The monoisotopic (exact) mass is 253 g/mol. The molecule has 2 aromatic heterocycles. The molecule has 1 atom stereocenters. The van der Waals surface area contributed by atoms with Crippen molar-refractivity contribution in [2.45, 2.75) is 13.0 Å². The zero-order chi connectivity index (χ0) is 13.4. The smallest absolute Gasteiger partial charge is 0.123 e. The normalized spacial score (nSPS) is 12.8. The molecule has 0 saturated heterocycles. The highest BCUT2D eigenvalue weighted by atomic mass is 16.3. The van der Waals surface area contributed by atoms with Crippen LogP contribution in [-0.2, 0) is 7.05 Å². The van der Waals surface area contributed by atoms with Gasteiger partial charge in [-0.2, -0.15) is 0 Å². The van der Waals surface area contributed by atoms with Crippen molar-refractivity contribution in [1.29, 1.82) is 0 Å². The first-order valence-electron chi connectivity index (χ1n) is 6.17. The van der Waals surface area contributed by atoms with Crippen molar-refractivity contribution < 1.29 is 5.11 Å². The highest BCUT2D eigenvalue weighted by Crippen LogP contribution is 2.25. The third kappa shape index (κ3) is 2.00. The topological polar surface area (TPSA) is 50.9 Å². The zero-order valence-electron chi connectivity index (χ0n) is 10.9. The summed E-state index contributed by atoms with van der Waals surface area (Å²) in [6.07, 6.45) is 2.75. The molecule has 0 aliphatic carbocycles. The maximum atomic E-state index is 10.4. The molecular weight excluding hydrogens is 238 g/mol. The molecular formula is C15H15N3O. The molecule has 2 heterocycles. The summed E-state index contributed by atoms with van der Waals surface area (Å²) in [5.74, 6) is 0. The minimum Gasteiger partial charge on any atom is -0.382 e. The van der Waals surface area contributed by atoms with Crippen LogP contribution in [0.1, 0.15) is 23.1 Å². The summed E-state index contributed by atoms with van der Waals surface area (Å²) in [5.41, 5.74) is 3.35. The standard InChI is InChI=1S/C15H15N3O/c1-10-14(17-9-18(10)2)15(19)12-6-5-11-4-3-7-16-13(11)8-12/h3-9,15,19H,1-2H3. The number of aryl methyl sites for hydroxylation is 1. The molecule has 0 aliphatic rings. The number of rotatable bonds is 2. The van der Waals surface area contributed by atoms with Gasteiger partial charge in [-0.05, 0) is 24.6 Å². The number of nitrogens with zero attached hydrogens (tertiary/aromatic N) is 3. The van der Waals surface area contributed by atoms with Crippen LogP contribution in [0.3, 0.4) is 0 Å². The molecule has 0 spiro atoms. The summed E-state index contributed by atoms with van der Waals surface area (Å²) in [6, 6.07) is 9.71. The number of fused-ring (bicyclic) bond motifs is 1. The van der Waals surface area contributed by atoms with E-state index < -0.39 is 6.10 Å². The van der Waals surface area contributed by atoms with E-state index in [2.05, 4.69) is 9.97 Å². The lowest BCUT2D eigenvalue weighted by molar-refractivity contribution is 0.215. The van der Waals surface area contributed by atoms with Crippen molar-refractivity contribution in [3.05, 3.63) is 59.8 Å². The van der Waals surface area contributed by atoms with Crippen molar-refractivity contribution in [2.75, 3.05) is 0 Å². The number of imidazole rings is 1. The Kier molecular flexibility index (Phi) is 2.80. The van der Waals surface area contributed by atoms with Crippen molar-refractivity contribution in [3.63, 3.8) is 0 Å². The molecule has 0 fully saturated rings. The number of aliphatic hydroxyl groups excluding tert-OH is 1. The highest BCUT2D eigenvalue weighted by Gasteiger charge is 2.17. The lowest BCUT2D eigenvalue weighted by Gasteiger charge is -2.11. The van der Waals surface area contributed by atoms with Crippen LogP contribution >= 0.6 is 0 Å². The van der Waals surface area contributed by atoms with Crippen molar-refractivity contribution in [2.24, 2.45) is 7.05 Å². The molecule has 96 valence electrons. The average Bonchev–Trinajstić information content (AvgIpc) is 2.78. The Morgan fingerprint density at radius 3 is 2.79 bits per heavy atom. The highest BCUT2D eigenvalue weighted by molar-refractivity contribution is 5.79. The Hall–Kier alpha value is -2.20. The van der Waals surface area contributed by atoms with E-state index >= 15 is 0 Å². The minimum atomic E-state index is -0.715. The van der Waals surface area contributed by atoms with Crippen LogP contribution in [0.5, 0.6) is 0 Å². The fourth-order valence-electron chi connectivity index (χ4n) is 2.19. The van der Waals surface area contributed by atoms with E-state index in [0.717, 1.165) is 22.2 Å². The second-order valence-electron chi connectivity index (χ2n) is 4.68. The van der Waals surface area contributed by atoms with Crippen LogP contribution < -0.4 is 0 Å². The van der Waals surface area contributed by atoms with Gasteiger partial charge in [-0.1, -0.05) is 18.2 Å². The van der Waals surface area contributed by atoms with Gasteiger partial charge in [0, 0.05) is 24.3 Å². The van der Waals surface area contributed by atoms with Crippen LogP contribution in [0, 0.1) is 6.92 Å². The van der Waals surface area contributed by atoms with Gasteiger partial charge in [0.1, 0.15) is 6.10 Å². The second kappa shape index (κ2) is 4.48. The first kappa shape index (κ1) is 11.9. The van der Waals surface area contributed by atoms with E-state index in [1.165, 1.54) is 0 Å². The van der Waals surface area contributed by atoms with Crippen molar-refractivity contribution in [3.8, 4) is 0 Å². The van der Waals surface area contributed by atoms with Gasteiger partial charge in [-0.3, -0.25) is 4.98 Å². The van der Waals surface area contributed by atoms with Gasteiger partial charge in [0.2, 0.25) is 0 Å². The molecule has 0 bridgehead atoms. The maximum Gasteiger partial charge on any atom is 0.123 e. The van der Waals surface area contributed by atoms with E-state index in [1.807, 2.05) is 48.9 Å². The molecule has 19 heavy (non-hydrogen) atoms. The Morgan fingerprint density at radius 2 is 2.05 bits per heavy atom. The summed E-state index contributed by atoms with van der Waals surface area (Å²) in [5, 5.41) is 11.5. The number of aromatic nitrogens is 3. The second-order valence-corrected chi connectivity index (χ2v) is 4.68. The van der Waals surface area contributed by atoms with Crippen LogP contribution in [-0.4, -0.2) is 19.6 Å². The summed E-state index contributed by atoms with van der Waals surface area (Å²) < 4.78 is 1.90. The Labute approximate surface area is 111 Å². The molecule has 1 N–H and O–H groups in total. The van der Waals surface area contributed by atoms with E-state index in [0.29, 0.717) is 5.69 Å². The largest absolute Gasteiger partial charge is 0.382 e. The molecule has 1 unspecified atom stereocenters. The number of hydrogen-bond acceptors (Lipinski definition) is 3. The summed E-state index contributed by atoms with van der Waals surface area (Å²) in [6.45, 7) is 1.95. The van der Waals surface area contributed by atoms with E-state index in [-0.39, 0.29) is 0 Å². The zero-order valence-corrected chi connectivity index (χ0v) is 10.9. The van der Waals surface area contributed by atoms with Gasteiger partial charge in [0.15, 0.2) is 0 Å². The lowest BCUT2D eigenvalue weighted by Crippen LogP contribution is -2.03. The summed E-state index contributed by atoms with van der Waals surface area (Å²) >= 11 is 0. The molecule has 4 nitrogen and oxygen atoms in total. The van der Waals surface area contributed by atoms with Gasteiger partial charge in [0.05, 0.1) is 17.5 Å². The first-order valence-corrected chi connectivity index (χ1v) is 6.17. The van der Waals surface area contributed by atoms with Crippen LogP contribution in [0.25, 0.3) is 10.9 Å². The van der Waals surface area contributed by atoms with Crippen LogP contribution in [0.2, 0.25) is 0 Å². The fraction of sp³-hybridized carbons (Fsp3) is 0.200. The number of aliphatic hydroxyl groups is 1. The molecule has 0 saturated carbocycles. The van der Waals surface area contributed by atoms with Crippen LogP contribution in [0.4, 0.5) is 0 Å². The van der Waals surface area contributed by atoms with Gasteiger partial charge >= 0.3 is 0 Å². The fourth-order valence-corrected chi connectivity index (χ4v) is 2.19. The van der Waals surface area contributed by atoms with Crippen molar-refractivity contribution in [1.82, 2.24) is 14.5 Å². The SMILES string of the molecule is Cc1c(C(O)c2ccc3cccnc3c2)ncn1C. The lowest BCUT2D eigenvalue weighted by atomic mass is 10.0. The third-order valence-corrected chi connectivity index (χ3v) is 3.47. The van der Waals surface area contributed by atoms with Gasteiger partial charge < -0.3 is 9.67 Å². The maximum absolute atomic E-state index is 10.4. The Bertz CT molecular complexity index is 733. The predicted octanol–water partition coefficient (Wildman–Crippen LogP) is 2.36. The summed E-state index contributed by atoms with van der Waals surface area (Å²) in [7, 11) is 1.92. The molecule has 4 heteroatoms. The van der Waals surface area contributed by atoms with E-state index in [1.54, 1.807) is 12.5 Å². The molecule has 0 aliphatic heterocycles. The van der Waals surface area contributed by atoms with Gasteiger partial charge in [-0.15, -0.1) is 0 Å². The minimum absolute atomic E-state index is 0.692. The predicted molar refractivity (Wildman–Crippen MR) is 73.7 cm³/mol. The van der Waals surface area contributed by atoms with Gasteiger partial charge in [-0.25, -0.2) is 4.98 Å². The number of pyridine rings is 1. The van der Waals surface area contributed by atoms with Crippen molar-refractivity contribution >= 4 is 10.9 Å². The van der Waals surface area contributed by atoms with Crippen LogP contribution in [0.15, 0.2) is 42.9 Å². The van der Waals surface area contributed by atoms with E-state index in [4.69, 9.17) is 0 Å². The Morgan fingerprint density at radius 1 is 1.21 bits per heavy atom. The summed E-state index contributed by atoms with van der Waals surface area (Å²) in [4.78, 5) is 8.57. The van der Waals surface area contributed by atoms with Gasteiger partial charge in [0.25, 0.3) is 0 Å². The molecule has 3 aromatic rings. The third-order valence-electron chi connectivity index (χ3n) is 3.47. The number of benzene rings is 1. The molecule has 0 radical (unpaired) electrons. The molecule has 1 aromatic carbocycles. The Balaban J connectivity index is 2.06. The first-order chi connectivity index (χ1) is 9.16. The van der Waals surface area contributed by atoms with E-state index in [9.17, 15) is 5.11 Å². The molecule has 3 rings (SSSR count). The number of hydrogen-bond donors (Lipinski definition) is 1.